The molecule has 4 heteroatoms. The fraction of sp³-hybridized carbons (Fsp3) is 0.333. The summed E-state index contributed by atoms with van der Waals surface area (Å²) in [4.78, 5) is 3.28. The summed E-state index contributed by atoms with van der Waals surface area (Å²) in [6, 6.07) is 10.7. The van der Waals surface area contributed by atoms with Crippen LogP contribution in [0, 0.1) is 0 Å². The van der Waals surface area contributed by atoms with Gasteiger partial charge in [0.15, 0.2) is 0 Å². The summed E-state index contributed by atoms with van der Waals surface area (Å²) < 4.78 is 5.21. The molecule has 1 aliphatic rings. The maximum absolute atomic E-state index is 5.21. The normalized spacial score (nSPS) is 15.9. The molecule has 19 heavy (non-hydrogen) atoms. The predicted octanol–water partition coefficient (Wildman–Crippen LogP) is 5.03. The Kier molecular flexibility index (Phi) is 4.20. The van der Waals surface area contributed by atoms with E-state index in [9.17, 15) is 0 Å². The van der Waals surface area contributed by atoms with Gasteiger partial charge in [-0.15, -0.1) is 11.3 Å². The van der Waals surface area contributed by atoms with E-state index < -0.39 is 0 Å². The second-order valence-corrected chi connectivity index (χ2v) is 7.72. The van der Waals surface area contributed by atoms with Gasteiger partial charge >= 0.3 is 0 Å². The molecule has 0 amide bonds. The maximum atomic E-state index is 5.21. The lowest BCUT2D eigenvalue weighted by Crippen LogP contribution is -1.96. The highest BCUT2D eigenvalue weighted by Gasteiger charge is 2.18. The van der Waals surface area contributed by atoms with Gasteiger partial charge in [0.25, 0.3) is 0 Å². The van der Waals surface area contributed by atoms with Crippen LogP contribution in [0.15, 0.2) is 30.3 Å². The summed E-state index contributed by atoms with van der Waals surface area (Å²) in [5.41, 5.74) is 2.82. The van der Waals surface area contributed by atoms with Crippen LogP contribution in [0.4, 0.5) is 0 Å². The molecule has 0 fully saturated rings. The molecular formula is C15H15BrOS2. The topological polar surface area (TPSA) is 9.23 Å². The van der Waals surface area contributed by atoms with E-state index in [0.29, 0.717) is 4.83 Å². The average Bonchev–Trinajstić information content (AvgIpc) is 2.90. The largest absolute Gasteiger partial charge is 0.497 e. The molecule has 0 aliphatic carbocycles. The van der Waals surface area contributed by atoms with E-state index in [1.165, 1.54) is 33.9 Å². The number of hydrogen-bond donors (Lipinski definition) is 0. The number of thiophene rings is 1. The summed E-state index contributed by atoms with van der Waals surface area (Å²) in [5.74, 6) is 3.35. The highest BCUT2D eigenvalue weighted by atomic mass is 79.9. The third-order valence-electron chi connectivity index (χ3n) is 3.30. The van der Waals surface area contributed by atoms with Crippen molar-refractivity contribution in [2.24, 2.45) is 0 Å². The van der Waals surface area contributed by atoms with Crippen molar-refractivity contribution in [3.8, 4) is 5.75 Å². The van der Waals surface area contributed by atoms with Gasteiger partial charge in [-0.1, -0.05) is 28.1 Å². The van der Waals surface area contributed by atoms with E-state index in [-0.39, 0.29) is 0 Å². The highest BCUT2D eigenvalue weighted by molar-refractivity contribution is 9.09. The van der Waals surface area contributed by atoms with Crippen LogP contribution in [-0.4, -0.2) is 12.9 Å². The lowest BCUT2D eigenvalue weighted by Gasteiger charge is -2.08. The number of halogens is 1. The van der Waals surface area contributed by atoms with Gasteiger partial charge < -0.3 is 4.74 Å². The number of methoxy groups -OCH3 is 1. The van der Waals surface area contributed by atoms with E-state index in [1.807, 2.05) is 35.2 Å². The van der Waals surface area contributed by atoms with Crippen molar-refractivity contribution < 1.29 is 4.74 Å². The lowest BCUT2D eigenvalue weighted by molar-refractivity contribution is 0.414. The zero-order valence-corrected chi connectivity index (χ0v) is 13.9. The molecule has 0 radical (unpaired) electrons. The maximum Gasteiger partial charge on any atom is 0.118 e. The Labute approximate surface area is 130 Å². The van der Waals surface area contributed by atoms with E-state index in [1.54, 1.807) is 12.0 Å². The number of hydrogen-bond acceptors (Lipinski definition) is 3. The molecule has 1 aromatic heterocycles. The first-order valence-electron chi connectivity index (χ1n) is 6.25. The summed E-state index contributed by atoms with van der Waals surface area (Å²) in [5, 5.41) is 0. The molecule has 1 aliphatic heterocycles. The van der Waals surface area contributed by atoms with E-state index in [0.717, 1.165) is 5.75 Å². The van der Waals surface area contributed by atoms with E-state index in [4.69, 9.17) is 4.74 Å². The van der Waals surface area contributed by atoms with Crippen LogP contribution in [-0.2, 0) is 12.2 Å². The molecule has 1 atom stereocenters. The minimum absolute atomic E-state index is 0.291. The van der Waals surface area contributed by atoms with Crippen molar-refractivity contribution in [1.82, 2.24) is 0 Å². The van der Waals surface area contributed by atoms with Gasteiger partial charge in [0.2, 0.25) is 0 Å². The van der Waals surface area contributed by atoms with Crippen molar-refractivity contribution in [3.05, 3.63) is 51.2 Å². The first-order valence-corrected chi connectivity index (χ1v) is 9.14. The Hall–Kier alpha value is -0.450. The van der Waals surface area contributed by atoms with Crippen molar-refractivity contribution >= 4 is 39.0 Å². The fourth-order valence-corrected chi connectivity index (χ4v) is 5.33. The quantitative estimate of drug-likeness (QED) is 0.714. The standard InChI is InChI=1S/C15H15BrOS2/c1-17-12-4-2-10(3-5-12)15(16)14-8-11-9-18-7-6-13(11)19-14/h2-5,8,15H,6-7,9H2,1H3. The zero-order valence-electron chi connectivity index (χ0n) is 10.7. The Morgan fingerprint density at radius 3 is 2.74 bits per heavy atom. The summed E-state index contributed by atoms with van der Waals surface area (Å²) >= 11 is 7.82. The summed E-state index contributed by atoms with van der Waals surface area (Å²) in [7, 11) is 1.70. The Balaban J connectivity index is 1.85. The van der Waals surface area contributed by atoms with Gasteiger partial charge in [-0.2, -0.15) is 11.8 Å². The van der Waals surface area contributed by atoms with Gasteiger partial charge in [-0.25, -0.2) is 0 Å². The molecule has 0 saturated carbocycles. The smallest absolute Gasteiger partial charge is 0.118 e. The molecule has 0 N–H and O–H groups in total. The molecular weight excluding hydrogens is 340 g/mol. The number of ether oxygens (including phenoxy) is 1. The van der Waals surface area contributed by atoms with Crippen molar-refractivity contribution in [2.75, 3.05) is 12.9 Å². The van der Waals surface area contributed by atoms with Crippen LogP contribution >= 0.6 is 39.0 Å². The molecule has 0 spiro atoms. The predicted molar refractivity (Wildman–Crippen MR) is 87.9 cm³/mol. The average molecular weight is 355 g/mol. The fourth-order valence-electron chi connectivity index (χ4n) is 2.23. The number of benzene rings is 1. The highest BCUT2D eigenvalue weighted by Crippen LogP contribution is 2.40. The van der Waals surface area contributed by atoms with Crippen LogP contribution in [0.2, 0.25) is 0 Å². The van der Waals surface area contributed by atoms with Crippen LogP contribution in [0.1, 0.15) is 25.7 Å². The van der Waals surface area contributed by atoms with Gasteiger partial charge in [-0.05, 0) is 41.5 Å². The number of rotatable bonds is 3. The third kappa shape index (κ3) is 2.86. The summed E-state index contributed by atoms with van der Waals surface area (Å²) in [6.07, 6.45) is 1.23. The van der Waals surface area contributed by atoms with Crippen LogP contribution in [0.25, 0.3) is 0 Å². The molecule has 3 rings (SSSR count). The number of thioether (sulfide) groups is 1. The van der Waals surface area contributed by atoms with Gasteiger partial charge in [0, 0.05) is 15.5 Å². The molecule has 1 nitrogen and oxygen atoms in total. The zero-order chi connectivity index (χ0) is 13.2. The van der Waals surface area contributed by atoms with Crippen LogP contribution in [0.5, 0.6) is 5.75 Å². The molecule has 100 valence electrons. The van der Waals surface area contributed by atoms with Gasteiger partial charge in [0.05, 0.1) is 11.9 Å². The first kappa shape index (κ1) is 13.5. The Bertz CT molecular complexity index is 539. The van der Waals surface area contributed by atoms with E-state index >= 15 is 0 Å². The second-order valence-electron chi connectivity index (χ2n) is 4.54. The number of aryl methyl sites for hydroxylation is 1. The summed E-state index contributed by atoms with van der Waals surface area (Å²) in [6.45, 7) is 0. The molecule has 0 bridgehead atoms. The van der Waals surface area contributed by atoms with Crippen molar-refractivity contribution in [1.29, 1.82) is 0 Å². The monoisotopic (exact) mass is 354 g/mol. The minimum atomic E-state index is 0.291. The molecule has 1 unspecified atom stereocenters. The van der Waals surface area contributed by atoms with Gasteiger partial charge in [0.1, 0.15) is 5.75 Å². The molecule has 2 heterocycles. The van der Waals surface area contributed by atoms with Crippen molar-refractivity contribution in [3.63, 3.8) is 0 Å². The second kappa shape index (κ2) is 5.90. The van der Waals surface area contributed by atoms with Gasteiger partial charge in [-0.3, -0.25) is 0 Å². The first-order chi connectivity index (χ1) is 9.28. The van der Waals surface area contributed by atoms with Crippen LogP contribution < -0.4 is 4.74 Å². The number of alkyl halides is 1. The Morgan fingerprint density at radius 2 is 2.05 bits per heavy atom. The third-order valence-corrected chi connectivity index (χ3v) is 6.94. The molecule has 2 aromatic rings. The molecule has 1 aromatic carbocycles. The van der Waals surface area contributed by atoms with E-state index in [2.05, 4.69) is 34.1 Å². The Morgan fingerprint density at radius 1 is 1.26 bits per heavy atom. The minimum Gasteiger partial charge on any atom is -0.497 e. The lowest BCUT2D eigenvalue weighted by atomic mass is 10.1. The van der Waals surface area contributed by atoms with Crippen LogP contribution in [0.3, 0.4) is 0 Å². The number of fused-ring (bicyclic) bond motifs is 1. The van der Waals surface area contributed by atoms with Crippen molar-refractivity contribution in [2.45, 2.75) is 17.0 Å². The SMILES string of the molecule is COc1ccc(C(Br)c2cc3c(s2)CCSC3)cc1. The molecule has 0 saturated heterocycles.